The average Bonchev–Trinajstić information content (AvgIpc) is 2.42. The molecule has 0 unspecified atom stereocenters. The summed E-state index contributed by atoms with van der Waals surface area (Å²) in [7, 11) is 0. The maximum Gasteiger partial charge on any atom is 0.387 e. The maximum absolute atomic E-state index is 12.4. The van der Waals surface area contributed by atoms with Gasteiger partial charge in [-0.25, -0.2) is 4.98 Å². The molecule has 1 aromatic carbocycles. The zero-order valence-electron chi connectivity index (χ0n) is 11.0. The molecule has 0 saturated heterocycles. The lowest BCUT2D eigenvalue weighted by molar-refractivity contribution is -0.0504. The number of halogens is 4. The van der Waals surface area contributed by atoms with E-state index in [1.807, 2.05) is 13.0 Å². The number of aryl methyl sites for hydroxylation is 1. The summed E-state index contributed by atoms with van der Waals surface area (Å²) in [6, 6.07) is 6.70. The Bertz CT molecular complexity index is 640. The van der Waals surface area contributed by atoms with Gasteiger partial charge < -0.3 is 10.1 Å². The van der Waals surface area contributed by atoms with Gasteiger partial charge in [0.1, 0.15) is 10.9 Å². The molecule has 0 saturated carbocycles. The highest BCUT2D eigenvalue weighted by Gasteiger charge is 2.10. The standard InChI is InChI=1S/C14H12BrClF2N2O/c1-8-4-11(7-20-13(8)16)19-6-9-5-10(15)2-3-12(9)21-14(17)18/h2-5,7,14,19H,6H2,1H3. The normalized spacial score (nSPS) is 10.8. The van der Waals surface area contributed by atoms with Crippen LogP contribution in [0.25, 0.3) is 0 Å². The lowest BCUT2D eigenvalue weighted by atomic mass is 10.2. The first-order valence-electron chi connectivity index (χ1n) is 6.05. The van der Waals surface area contributed by atoms with Crippen LogP contribution in [0.1, 0.15) is 11.1 Å². The largest absolute Gasteiger partial charge is 0.434 e. The molecule has 0 amide bonds. The molecule has 2 aromatic rings. The van der Waals surface area contributed by atoms with E-state index in [1.54, 1.807) is 18.3 Å². The number of nitrogens with zero attached hydrogens (tertiary/aromatic N) is 1. The van der Waals surface area contributed by atoms with Crippen LogP contribution in [-0.4, -0.2) is 11.6 Å². The lowest BCUT2D eigenvalue weighted by Crippen LogP contribution is -2.07. The van der Waals surface area contributed by atoms with E-state index in [-0.39, 0.29) is 5.75 Å². The van der Waals surface area contributed by atoms with Gasteiger partial charge >= 0.3 is 6.61 Å². The molecular formula is C14H12BrClF2N2O. The molecule has 0 fully saturated rings. The lowest BCUT2D eigenvalue weighted by Gasteiger charge is -2.13. The van der Waals surface area contributed by atoms with Gasteiger partial charge in [-0.05, 0) is 36.8 Å². The van der Waals surface area contributed by atoms with Crippen molar-refractivity contribution in [2.45, 2.75) is 20.1 Å². The molecular weight excluding hydrogens is 366 g/mol. The fourth-order valence-electron chi connectivity index (χ4n) is 1.75. The van der Waals surface area contributed by atoms with Gasteiger partial charge in [0.05, 0.1) is 11.9 Å². The van der Waals surface area contributed by atoms with Crippen molar-refractivity contribution in [3.63, 3.8) is 0 Å². The van der Waals surface area contributed by atoms with Crippen LogP contribution in [0.15, 0.2) is 34.9 Å². The van der Waals surface area contributed by atoms with E-state index in [1.165, 1.54) is 6.07 Å². The molecule has 0 radical (unpaired) electrons. The van der Waals surface area contributed by atoms with Crippen molar-refractivity contribution >= 4 is 33.2 Å². The van der Waals surface area contributed by atoms with Crippen molar-refractivity contribution < 1.29 is 13.5 Å². The van der Waals surface area contributed by atoms with Crippen LogP contribution in [0.2, 0.25) is 5.15 Å². The van der Waals surface area contributed by atoms with Crippen molar-refractivity contribution in [1.82, 2.24) is 4.98 Å². The molecule has 1 N–H and O–H groups in total. The third-order valence-corrected chi connectivity index (χ3v) is 3.62. The van der Waals surface area contributed by atoms with E-state index in [0.717, 1.165) is 15.7 Å². The van der Waals surface area contributed by atoms with Gasteiger partial charge in [-0.3, -0.25) is 0 Å². The molecule has 7 heteroatoms. The van der Waals surface area contributed by atoms with Crippen molar-refractivity contribution in [2.75, 3.05) is 5.32 Å². The number of alkyl halides is 2. The van der Waals surface area contributed by atoms with Crippen molar-refractivity contribution in [1.29, 1.82) is 0 Å². The van der Waals surface area contributed by atoms with E-state index in [4.69, 9.17) is 11.6 Å². The second kappa shape index (κ2) is 7.04. The highest BCUT2D eigenvalue weighted by atomic mass is 79.9. The number of aromatic nitrogens is 1. The van der Waals surface area contributed by atoms with Crippen molar-refractivity contribution in [3.05, 3.63) is 51.2 Å². The Morgan fingerprint density at radius 3 is 2.81 bits per heavy atom. The van der Waals surface area contributed by atoms with Crippen LogP contribution in [0.4, 0.5) is 14.5 Å². The number of hydrogen-bond donors (Lipinski definition) is 1. The van der Waals surface area contributed by atoms with Crippen LogP contribution in [0.5, 0.6) is 5.75 Å². The molecule has 3 nitrogen and oxygen atoms in total. The summed E-state index contributed by atoms with van der Waals surface area (Å²) in [4.78, 5) is 4.02. The molecule has 2 rings (SSSR count). The van der Waals surface area contributed by atoms with E-state index in [9.17, 15) is 8.78 Å². The minimum Gasteiger partial charge on any atom is -0.434 e. The first-order chi connectivity index (χ1) is 9.95. The van der Waals surface area contributed by atoms with Gasteiger partial charge in [-0.2, -0.15) is 8.78 Å². The second-order valence-electron chi connectivity index (χ2n) is 4.32. The average molecular weight is 378 g/mol. The Labute approximate surface area is 134 Å². The molecule has 0 aliphatic rings. The zero-order chi connectivity index (χ0) is 15.4. The van der Waals surface area contributed by atoms with Gasteiger partial charge in [-0.1, -0.05) is 27.5 Å². The fraction of sp³-hybridized carbons (Fsp3) is 0.214. The van der Waals surface area contributed by atoms with Crippen LogP contribution >= 0.6 is 27.5 Å². The predicted octanol–water partition coefficient (Wildman–Crippen LogP) is 5.02. The minimum absolute atomic E-state index is 0.138. The van der Waals surface area contributed by atoms with Gasteiger partial charge in [0.2, 0.25) is 0 Å². The number of hydrogen-bond acceptors (Lipinski definition) is 3. The summed E-state index contributed by atoms with van der Waals surface area (Å²) in [5.41, 5.74) is 2.19. The highest BCUT2D eigenvalue weighted by molar-refractivity contribution is 9.10. The van der Waals surface area contributed by atoms with E-state index in [0.29, 0.717) is 17.3 Å². The second-order valence-corrected chi connectivity index (χ2v) is 5.59. The highest BCUT2D eigenvalue weighted by Crippen LogP contribution is 2.26. The van der Waals surface area contributed by atoms with Crippen molar-refractivity contribution in [3.8, 4) is 5.75 Å². The Hall–Kier alpha value is -1.40. The Morgan fingerprint density at radius 2 is 2.14 bits per heavy atom. The van der Waals surface area contributed by atoms with Gasteiger partial charge in [0, 0.05) is 16.6 Å². The Balaban J connectivity index is 2.14. The molecule has 0 atom stereocenters. The third-order valence-electron chi connectivity index (χ3n) is 2.74. The van der Waals surface area contributed by atoms with E-state index >= 15 is 0 Å². The molecule has 0 bridgehead atoms. The third kappa shape index (κ3) is 4.54. The summed E-state index contributed by atoms with van der Waals surface area (Å²) in [6.45, 7) is -0.695. The first kappa shape index (κ1) is 16.0. The summed E-state index contributed by atoms with van der Waals surface area (Å²) >= 11 is 9.16. The van der Waals surface area contributed by atoms with E-state index in [2.05, 4.69) is 31.0 Å². The van der Waals surface area contributed by atoms with Gasteiger partial charge in [0.25, 0.3) is 0 Å². The number of pyridine rings is 1. The summed E-state index contributed by atoms with van der Waals surface area (Å²) in [5.74, 6) is 0.138. The van der Waals surface area contributed by atoms with Crippen LogP contribution in [0, 0.1) is 6.92 Å². The quantitative estimate of drug-likeness (QED) is 0.743. The maximum atomic E-state index is 12.4. The summed E-state index contributed by atoms with van der Waals surface area (Å²) in [5, 5.41) is 3.54. The number of rotatable bonds is 5. The molecule has 0 spiro atoms. The number of nitrogens with one attached hydrogen (secondary N) is 1. The SMILES string of the molecule is Cc1cc(NCc2cc(Br)ccc2OC(F)F)cnc1Cl. The molecule has 21 heavy (non-hydrogen) atoms. The minimum atomic E-state index is -2.86. The van der Waals surface area contributed by atoms with Crippen LogP contribution in [-0.2, 0) is 6.54 Å². The Kier molecular flexibility index (Phi) is 5.36. The molecule has 112 valence electrons. The van der Waals surface area contributed by atoms with Crippen LogP contribution < -0.4 is 10.1 Å². The van der Waals surface area contributed by atoms with Crippen molar-refractivity contribution in [2.24, 2.45) is 0 Å². The zero-order valence-corrected chi connectivity index (χ0v) is 13.4. The smallest absolute Gasteiger partial charge is 0.387 e. The Morgan fingerprint density at radius 1 is 1.38 bits per heavy atom. The summed E-state index contributed by atoms with van der Waals surface area (Å²) in [6.07, 6.45) is 1.58. The fourth-order valence-corrected chi connectivity index (χ4v) is 2.26. The first-order valence-corrected chi connectivity index (χ1v) is 7.22. The topological polar surface area (TPSA) is 34.1 Å². The molecule has 0 aliphatic carbocycles. The monoisotopic (exact) mass is 376 g/mol. The predicted molar refractivity (Wildman–Crippen MR) is 82.1 cm³/mol. The van der Waals surface area contributed by atoms with E-state index < -0.39 is 6.61 Å². The van der Waals surface area contributed by atoms with Gasteiger partial charge in [-0.15, -0.1) is 0 Å². The number of ether oxygens (including phenoxy) is 1. The number of benzene rings is 1. The summed E-state index contributed by atoms with van der Waals surface area (Å²) < 4.78 is 30.0. The number of anilines is 1. The molecule has 0 aliphatic heterocycles. The molecule has 1 aromatic heterocycles. The molecule has 1 heterocycles. The van der Waals surface area contributed by atoms with Gasteiger partial charge in [0.15, 0.2) is 0 Å². The van der Waals surface area contributed by atoms with Crippen LogP contribution in [0.3, 0.4) is 0 Å².